The quantitative estimate of drug-likeness (QED) is 0.0358. The van der Waals surface area contributed by atoms with E-state index in [1.165, 1.54) is 57.8 Å². The summed E-state index contributed by atoms with van der Waals surface area (Å²) in [6.07, 6.45) is 16.8. The summed E-state index contributed by atoms with van der Waals surface area (Å²) >= 11 is 0. The number of rotatable bonds is 30. The number of hydrogen-bond acceptors (Lipinski definition) is 6. The Morgan fingerprint density at radius 1 is 0.600 bits per heavy atom. The minimum absolute atomic E-state index is 0.0862. The van der Waals surface area contributed by atoms with Crippen molar-refractivity contribution in [3.8, 4) is 0 Å². The number of nitrogens with one attached hydrogen (secondary N) is 3. The lowest BCUT2D eigenvalue weighted by molar-refractivity contribution is -0.133. The predicted octanol–water partition coefficient (Wildman–Crippen LogP) is 3.36. The third kappa shape index (κ3) is 22.5. The second kappa shape index (κ2) is 27.6. The van der Waals surface area contributed by atoms with Crippen molar-refractivity contribution in [3.63, 3.8) is 0 Å². The van der Waals surface area contributed by atoms with E-state index in [4.69, 9.17) is 22.9 Å². The average Bonchev–Trinajstić information content (AvgIpc) is 3.08. The molecule has 0 bridgehead atoms. The van der Waals surface area contributed by atoms with Gasteiger partial charge >= 0.3 is 0 Å². The lowest BCUT2D eigenvalue weighted by Gasteiger charge is -2.25. The van der Waals surface area contributed by atoms with Gasteiger partial charge in [0, 0.05) is 19.4 Å². The van der Waals surface area contributed by atoms with Crippen molar-refractivity contribution >= 4 is 35.5 Å². The zero-order valence-corrected chi connectivity index (χ0v) is 30.3. The van der Waals surface area contributed by atoms with E-state index in [-0.39, 0.29) is 50.5 Å². The standard InChI is InChI=1S/C37H64N8O5/c1-2-3-4-5-6-7-8-9-10-11-12-13-17-22-33(47)43-30(21-18-27-42-37(40)41)35(49)45-31(25-26-32(38)46)36(50)44-29(34(39)48)24-23-28-19-15-14-16-20-28/h14-16,19-20,29-31H,2-13,17-18,21-27H2,1H3,(H2,38,46)(H2,39,48)(H,43,47)(H,44,50)(H,45,49)(H4,40,41,42)/t29-,30-,31-/m0/s1. The molecule has 50 heavy (non-hydrogen) atoms. The number of benzene rings is 1. The Kier molecular flexibility index (Phi) is 24.2. The van der Waals surface area contributed by atoms with E-state index >= 15 is 0 Å². The van der Waals surface area contributed by atoms with Gasteiger partial charge in [0.05, 0.1) is 0 Å². The number of carbonyl (C=O) groups excluding carboxylic acids is 5. The molecule has 0 unspecified atom stereocenters. The van der Waals surface area contributed by atoms with Gasteiger partial charge in [0.25, 0.3) is 0 Å². The third-order valence-electron chi connectivity index (χ3n) is 8.64. The van der Waals surface area contributed by atoms with Crippen molar-refractivity contribution in [3.05, 3.63) is 35.9 Å². The van der Waals surface area contributed by atoms with Crippen molar-refractivity contribution in [2.75, 3.05) is 6.54 Å². The highest BCUT2D eigenvalue weighted by Gasteiger charge is 2.29. The van der Waals surface area contributed by atoms with E-state index in [0.717, 1.165) is 24.8 Å². The maximum absolute atomic E-state index is 13.5. The molecular formula is C37H64N8O5. The number of guanidine groups is 1. The SMILES string of the molecule is CCCCCCCCCCCCCCCC(=O)N[C@@H](CCCN=C(N)N)C(=O)N[C@@H](CCC(N)=O)C(=O)N[C@@H](CCc1ccccc1)C(N)=O. The second-order valence-corrected chi connectivity index (χ2v) is 13.1. The summed E-state index contributed by atoms with van der Waals surface area (Å²) in [5, 5.41) is 8.06. The molecule has 0 aliphatic heterocycles. The van der Waals surface area contributed by atoms with E-state index in [0.29, 0.717) is 19.3 Å². The van der Waals surface area contributed by atoms with E-state index < -0.39 is 41.8 Å². The Bertz CT molecular complexity index is 1160. The maximum atomic E-state index is 13.5. The normalized spacial score (nSPS) is 12.7. The molecule has 0 saturated heterocycles. The Morgan fingerprint density at radius 2 is 1.12 bits per heavy atom. The van der Waals surface area contributed by atoms with Crippen LogP contribution in [0.3, 0.4) is 0 Å². The van der Waals surface area contributed by atoms with Gasteiger partial charge in [-0.2, -0.15) is 0 Å². The third-order valence-corrected chi connectivity index (χ3v) is 8.64. The number of unbranched alkanes of at least 4 members (excludes halogenated alkanes) is 12. The fourth-order valence-electron chi connectivity index (χ4n) is 5.68. The van der Waals surface area contributed by atoms with Crippen LogP contribution in [0.2, 0.25) is 0 Å². The largest absolute Gasteiger partial charge is 0.370 e. The van der Waals surface area contributed by atoms with Crippen LogP contribution in [0.25, 0.3) is 0 Å². The minimum atomic E-state index is -1.20. The molecule has 0 radical (unpaired) electrons. The van der Waals surface area contributed by atoms with E-state index in [2.05, 4.69) is 27.9 Å². The highest BCUT2D eigenvalue weighted by atomic mass is 16.2. The zero-order valence-electron chi connectivity index (χ0n) is 30.3. The summed E-state index contributed by atoms with van der Waals surface area (Å²) in [6.45, 7) is 2.48. The summed E-state index contributed by atoms with van der Waals surface area (Å²) < 4.78 is 0. The molecule has 5 amide bonds. The van der Waals surface area contributed by atoms with Gasteiger partial charge in [0.2, 0.25) is 29.5 Å². The molecule has 0 spiro atoms. The van der Waals surface area contributed by atoms with Crippen LogP contribution < -0.4 is 38.9 Å². The molecule has 13 nitrogen and oxygen atoms in total. The van der Waals surface area contributed by atoms with Gasteiger partial charge in [-0.25, -0.2) is 0 Å². The monoisotopic (exact) mass is 700 g/mol. The zero-order chi connectivity index (χ0) is 37.0. The van der Waals surface area contributed by atoms with Gasteiger partial charge in [-0.05, 0) is 44.1 Å². The van der Waals surface area contributed by atoms with Crippen LogP contribution >= 0.6 is 0 Å². The van der Waals surface area contributed by atoms with E-state index in [1.807, 2.05) is 30.3 Å². The molecule has 0 aromatic heterocycles. The molecular weight excluding hydrogens is 636 g/mol. The molecule has 3 atom stereocenters. The summed E-state index contributed by atoms with van der Waals surface area (Å²) in [6, 6.07) is 6.22. The van der Waals surface area contributed by atoms with E-state index in [1.54, 1.807) is 0 Å². The van der Waals surface area contributed by atoms with Gasteiger partial charge in [-0.1, -0.05) is 114 Å². The van der Waals surface area contributed by atoms with Crippen LogP contribution in [0, 0.1) is 0 Å². The number of aryl methyl sites for hydroxylation is 1. The molecule has 1 rings (SSSR count). The van der Waals surface area contributed by atoms with Crippen LogP contribution in [-0.2, 0) is 30.4 Å². The highest BCUT2D eigenvalue weighted by molar-refractivity contribution is 5.94. The molecule has 1 aromatic rings. The van der Waals surface area contributed by atoms with Crippen LogP contribution in [-0.4, -0.2) is 60.2 Å². The topological polar surface area (TPSA) is 238 Å². The molecule has 0 heterocycles. The van der Waals surface area contributed by atoms with Crippen LogP contribution in [0.4, 0.5) is 0 Å². The Balaban J connectivity index is 2.71. The molecule has 1 aromatic carbocycles. The smallest absolute Gasteiger partial charge is 0.243 e. The highest BCUT2D eigenvalue weighted by Crippen LogP contribution is 2.13. The van der Waals surface area contributed by atoms with Crippen LogP contribution in [0.1, 0.15) is 134 Å². The molecule has 0 saturated carbocycles. The Morgan fingerprint density at radius 3 is 1.64 bits per heavy atom. The molecule has 13 heteroatoms. The first kappa shape index (κ1) is 43.9. The van der Waals surface area contributed by atoms with Gasteiger partial charge in [0.1, 0.15) is 18.1 Å². The molecule has 0 aliphatic carbocycles. The van der Waals surface area contributed by atoms with Crippen molar-refractivity contribution in [1.29, 1.82) is 0 Å². The molecule has 0 fully saturated rings. The van der Waals surface area contributed by atoms with Crippen molar-refractivity contribution in [2.24, 2.45) is 27.9 Å². The summed E-state index contributed by atoms with van der Waals surface area (Å²) in [5.74, 6) is -3.05. The Hall–Kier alpha value is -4.16. The summed E-state index contributed by atoms with van der Waals surface area (Å²) in [5.41, 5.74) is 22.7. The summed E-state index contributed by atoms with van der Waals surface area (Å²) in [4.78, 5) is 67.4. The summed E-state index contributed by atoms with van der Waals surface area (Å²) in [7, 11) is 0. The van der Waals surface area contributed by atoms with Crippen molar-refractivity contribution < 1.29 is 24.0 Å². The first-order chi connectivity index (χ1) is 24.0. The van der Waals surface area contributed by atoms with E-state index in [9.17, 15) is 24.0 Å². The molecule has 11 N–H and O–H groups in total. The second-order valence-electron chi connectivity index (χ2n) is 13.1. The maximum Gasteiger partial charge on any atom is 0.243 e. The van der Waals surface area contributed by atoms with Crippen LogP contribution in [0.5, 0.6) is 0 Å². The number of carbonyl (C=O) groups is 5. The Labute approximate surface area is 298 Å². The van der Waals surface area contributed by atoms with Crippen LogP contribution in [0.15, 0.2) is 35.3 Å². The fraction of sp³-hybridized carbons (Fsp3) is 0.676. The lowest BCUT2D eigenvalue weighted by Crippen LogP contribution is -2.56. The first-order valence-electron chi connectivity index (χ1n) is 18.6. The number of hydrogen-bond donors (Lipinski definition) is 7. The average molecular weight is 701 g/mol. The van der Waals surface area contributed by atoms with Crippen molar-refractivity contribution in [1.82, 2.24) is 16.0 Å². The van der Waals surface area contributed by atoms with Gasteiger partial charge in [-0.15, -0.1) is 0 Å². The molecule has 0 aliphatic rings. The fourth-order valence-corrected chi connectivity index (χ4v) is 5.68. The first-order valence-corrected chi connectivity index (χ1v) is 18.6. The number of amides is 5. The lowest BCUT2D eigenvalue weighted by atomic mass is 10.0. The minimum Gasteiger partial charge on any atom is -0.370 e. The number of nitrogens with zero attached hydrogens (tertiary/aromatic N) is 1. The predicted molar refractivity (Wildman–Crippen MR) is 198 cm³/mol. The molecule has 282 valence electrons. The number of aliphatic imine (C=N–C) groups is 1. The van der Waals surface area contributed by atoms with Crippen molar-refractivity contribution in [2.45, 2.75) is 153 Å². The van der Waals surface area contributed by atoms with Gasteiger partial charge in [0.15, 0.2) is 5.96 Å². The number of primary amides is 2. The number of nitrogens with two attached hydrogens (primary N) is 4. The van der Waals surface area contributed by atoms with Gasteiger partial charge < -0.3 is 38.9 Å². The van der Waals surface area contributed by atoms with Gasteiger partial charge in [-0.3, -0.25) is 29.0 Å².